The highest BCUT2D eigenvalue weighted by molar-refractivity contribution is 6.36. The molecule has 0 aromatic carbocycles. The molecule has 4 saturated carbocycles. The third kappa shape index (κ3) is 7.02. The summed E-state index contributed by atoms with van der Waals surface area (Å²) in [5, 5.41) is 10.8. The summed E-state index contributed by atoms with van der Waals surface area (Å²) in [4.78, 5) is 81.2. The predicted molar refractivity (Wildman–Crippen MR) is 165 cm³/mol. The van der Waals surface area contributed by atoms with Crippen molar-refractivity contribution in [3.05, 3.63) is 46.9 Å². The maximum Gasteiger partial charge on any atom is 0.287 e. The van der Waals surface area contributed by atoms with Crippen LogP contribution in [0.1, 0.15) is 82.8 Å². The molecule has 0 radical (unpaired) electrons. The van der Waals surface area contributed by atoms with E-state index in [4.69, 9.17) is 0 Å². The molecule has 6 rings (SSSR count). The number of carbonyl (C=O) groups excluding carboxylic acids is 5. The first-order chi connectivity index (χ1) is 21.2. The van der Waals surface area contributed by atoms with E-state index in [1.807, 2.05) is 0 Å². The summed E-state index contributed by atoms with van der Waals surface area (Å²) < 4.78 is 2.71. The average molecular weight is 622 g/mol. The van der Waals surface area contributed by atoms with Gasteiger partial charge in [0.25, 0.3) is 17.4 Å². The number of hydrogen-bond donors (Lipinski definition) is 4. The molecule has 13 heteroatoms. The molecule has 0 spiro atoms. The molecule has 4 fully saturated rings. The Morgan fingerprint density at radius 2 is 1.76 bits per heavy atom. The van der Waals surface area contributed by atoms with E-state index in [9.17, 15) is 28.8 Å². The van der Waals surface area contributed by atoms with Gasteiger partial charge in [-0.15, -0.1) is 0 Å². The second kappa shape index (κ2) is 12.2. The number of amides is 4. The zero-order valence-electron chi connectivity index (χ0n) is 26.4. The van der Waals surface area contributed by atoms with Crippen LogP contribution >= 0.6 is 0 Å². The number of nitrogens with zero attached hydrogens (tertiary/aromatic N) is 3. The lowest BCUT2D eigenvalue weighted by atomic mass is 9.43. The fraction of sp³-hybridized carbons (Fsp3) is 0.594. The lowest BCUT2D eigenvalue weighted by molar-refractivity contribution is -0.140. The summed E-state index contributed by atoms with van der Waals surface area (Å²) in [5.41, 5.74) is -0.501. The van der Waals surface area contributed by atoms with Crippen molar-refractivity contribution in [2.24, 2.45) is 23.8 Å². The number of anilines is 1. The van der Waals surface area contributed by atoms with Crippen LogP contribution in [0.25, 0.3) is 0 Å². The van der Waals surface area contributed by atoms with Crippen molar-refractivity contribution in [2.45, 2.75) is 90.3 Å². The van der Waals surface area contributed by atoms with Gasteiger partial charge in [-0.1, -0.05) is 13.8 Å². The lowest BCUT2D eigenvalue weighted by Crippen LogP contribution is -2.65. The van der Waals surface area contributed by atoms with Gasteiger partial charge in [-0.3, -0.25) is 28.8 Å². The number of aryl methyl sites for hydroxylation is 1. The fourth-order valence-electron chi connectivity index (χ4n) is 8.78. The summed E-state index contributed by atoms with van der Waals surface area (Å²) in [6.45, 7) is 6.39. The van der Waals surface area contributed by atoms with Crippen LogP contribution in [-0.2, 0) is 32.8 Å². The first kappa shape index (κ1) is 32.1. The van der Waals surface area contributed by atoms with Gasteiger partial charge in [-0.2, -0.15) is 0 Å². The average Bonchev–Trinajstić information content (AvgIpc) is 3.36. The zero-order valence-corrected chi connectivity index (χ0v) is 26.4. The largest absolute Gasteiger partial charge is 0.350 e. The van der Waals surface area contributed by atoms with Gasteiger partial charge in [0.15, 0.2) is 5.82 Å². The summed E-state index contributed by atoms with van der Waals surface area (Å²) in [5.74, 6) is -2.56. The Balaban J connectivity index is 1.27. The Labute approximate surface area is 261 Å². The van der Waals surface area contributed by atoms with E-state index < -0.39 is 35.1 Å². The van der Waals surface area contributed by atoms with Gasteiger partial charge in [-0.05, 0) is 80.8 Å². The van der Waals surface area contributed by atoms with Gasteiger partial charge >= 0.3 is 0 Å². The molecular formula is C32H43N7O6. The molecule has 4 aliphatic rings. The molecule has 0 saturated heterocycles. The Morgan fingerprint density at radius 3 is 2.38 bits per heavy atom. The third-order valence-corrected chi connectivity index (χ3v) is 9.52. The topological polar surface area (TPSA) is 173 Å². The number of rotatable bonds is 12. The van der Waals surface area contributed by atoms with Gasteiger partial charge in [0.05, 0.1) is 0 Å². The minimum atomic E-state index is -1.26. The molecule has 45 heavy (non-hydrogen) atoms. The Kier molecular flexibility index (Phi) is 8.74. The van der Waals surface area contributed by atoms with Crippen LogP contribution in [0.3, 0.4) is 0 Å². The molecule has 2 unspecified atom stereocenters. The first-order valence-corrected chi connectivity index (χ1v) is 15.6. The number of nitrogens with one attached hydrogen (secondary N) is 4. The van der Waals surface area contributed by atoms with E-state index in [1.165, 1.54) is 46.9 Å². The van der Waals surface area contributed by atoms with Crippen molar-refractivity contribution < 1.29 is 24.0 Å². The Hall–Kier alpha value is -4.29. The standard InChI is InChI=1S/C32H43N7O6/c1-5-33-27(43)23(40)9-8-21(35-28(44)25-34-10-12-38(25)4)26(42)36-22-7-6-11-39(29(22)45)16-24(41)37-32-15-20-13-30(2,18-32)17-31(3,14-20)19-32/h6-7,10-12,20-21H,5,8-9,13-19H2,1-4H3,(H,33,43)(H,35,44)(H,36,42)(H,37,41)/t20?,21-,30?,31?,32?/m0/s1. The van der Waals surface area contributed by atoms with Crippen LogP contribution < -0.4 is 26.8 Å². The number of imidazole rings is 1. The number of Topliss-reactive ketones (excluding diaryl/α,β-unsaturated/α-hetero) is 1. The zero-order chi connectivity index (χ0) is 32.6. The van der Waals surface area contributed by atoms with Crippen molar-refractivity contribution in [2.75, 3.05) is 11.9 Å². The van der Waals surface area contributed by atoms with Crippen LogP contribution in [0.5, 0.6) is 0 Å². The highest BCUT2D eigenvalue weighted by Crippen LogP contribution is 2.66. The van der Waals surface area contributed by atoms with Crippen LogP contribution in [0, 0.1) is 16.7 Å². The fourth-order valence-corrected chi connectivity index (χ4v) is 8.78. The summed E-state index contributed by atoms with van der Waals surface area (Å²) in [6.07, 6.45) is 10.4. The van der Waals surface area contributed by atoms with Gasteiger partial charge in [0, 0.05) is 44.1 Å². The molecule has 4 aliphatic carbocycles. The number of carbonyl (C=O) groups is 5. The molecule has 13 nitrogen and oxygen atoms in total. The molecule has 0 aliphatic heterocycles. The van der Waals surface area contributed by atoms with E-state index in [1.54, 1.807) is 26.2 Å². The molecule has 242 valence electrons. The van der Waals surface area contributed by atoms with E-state index in [0.29, 0.717) is 5.92 Å². The third-order valence-electron chi connectivity index (χ3n) is 9.52. The van der Waals surface area contributed by atoms with Crippen LogP contribution in [-0.4, -0.2) is 61.7 Å². The minimum Gasteiger partial charge on any atom is -0.350 e. The van der Waals surface area contributed by atoms with E-state index in [0.717, 1.165) is 19.3 Å². The number of aromatic nitrogens is 3. The molecule has 2 heterocycles. The maximum atomic E-state index is 13.4. The van der Waals surface area contributed by atoms with Crippen molar-refractivity contribution in [1.29, 1.82) is 0 Å². The van der Waals surface area contributed by atoms with Crippen molar-refractivity contribution in [1.82, 2.24) is 30.1 Å². The van der Waals surface area contributed by atoms with Gasteiger partial charge in [0.2, 0.25) is 17.6 Å². The summed E-state index contributed by atoms with van der Waals surface area (Å²) >= 11 is 0. The highest BCUT2D eigenvalue weighted by atomic mass is 16.2. The molecule has 3 atom stereocenters. The second-order valence-corrected chi connectivity index (χ2v) is 14.0. The lowest BCUT2D eigenvalue weighted by Gasteiger charge is -2.65. The van der Waals surface area contributed by atoms with Crippen LogP contribution in [0.2, 0.25) is 0 Å². The Morgan fingerprint density at radius 1 is 1.04 bits per heavy atom. The number of pyridine rings is 1. The van der Waals surface area contributed by atoms with E-state index >= 15 is 0 Å². The van der Waals surface area contributed by atoms with Crippen molar-refractivity contribution in [3.8, 4) is 0 Å². The molecule has 4 amide bonds. The summed E-state index contributed by atoms with van der Waals surface area (Å²) in [6, 6.07) is 1.70. The smallest absolute Gasteiger partial charge is 0.287 e. The van der Waals surface area contributed by atoms with Gasteiger partial charge < -0.3 is 30.4 Å². The van der Waals surface area contributed by atoms with E-state index in [-0.39, 0.29) is 59.7 Å². The Bertz CT molecular complexity index is 1560. The number of likely N-dealkylation sites (N-methyl/N-ethyl adjacent to an activating group) is 1. The monoisotopic (exact) mass is 621 g/mol. The van der Waals surface area contributed by atoms with E-state index in [2.05, 4.69) is 40.1 Å². The SMILES string of the molecule is CCNC(=O)C(=O)CC[C@H](NC(=O)c1nccn1C)C(=O)Nc1cccn(CC(=O)NC23CC4CC(C)(CC(C)(C4)C2)C3)c1=O. The molecular weight excluding hydrogens is 578 g/mol. The molecule has 4 N–H and O–H groups in total. The predicted octanol–water partition coefficient (Wildman–Crippen LogP) is 1.67. The van der Waals surface area contributed by atoms with Crippen LogP contribution in [0.15, 0.2) is 35.5 Å². The van der Waals surface area contributed by atoms with Gasteiger partial charge in [0.1, 0.15) is 18.3 Å². The minimum absolute atomic E-state index is 0.0398. The normalized spacial score (nSPS) is 27.0. The molecule has 4 bridgehead atoms. The number of hydrogen-bond acceptors (Lipinski definition) is 7. The van der Waals surface area contributed by atoms with Crippen molar-refractivity contribution >= 4 is 35.1 Å². The van der Waals surface area contributed by atoms with Gasteiger partial charge in [-0.25, -0.2) is 4.98 Å². The summed E-state index contributed by atoms with van der Waals surface area (Å²) in [7, 11) is 1.61. The molecule has 2 aromatic rings. The quantitative estimate of drug-likeness (QED) is 0.261. The van der Waals surface area contributed by atoms with Crippen LogP contribution in [0.4, 0.5) is 5.69 Å². The molecule has 2 aromatic heterocycles. The number of ketones is 1. The highest BCUT2D eigenvalue weighted by Gasteiger charge is 2.60. The second-order valence-electron chi connectivity index (χ2n) is 14.0. The maximum absolute atomic E-state index is 13.4. The van der Waals surface area contributed by atoms with Crippen molar-refractivity contribution in [3.63, 3.8) is 0 Å². The first-order valence-electron chi connectivity index (χ1n) is 15.6.